The fourth-order valence-corrected chi connectivity index (χ4v) is 3.49. The molecule has 0 radical (unpaired) electrons. The van der Waals surface area contributed by atoms with Gasteiger partial charge in [-0.25, -0.2) is 4.98 Å². The number of hydrogen-bond donors (Lipinski definition) is 0. The summed E-state index contributed by atoms with van der Waals surface area (Å²) in [7, 11) is 0. The molecule has 27 heavy (non-hydrogen) atoms. The van der Waals surface area contributed by atoms with Crippen LogP contribution in [0.15, 0.2) is 30.6 Å². The number of nitriles is 1. The lowest BCUT2D eigenvalue weighted by atomic mass is 10.0. The number of likely N-dealkylation sites (tertiary alicyclic amines) is 1. The van der Waals surface area contributed by atoms with E-state index in [-0.39, 0.29) is 12.1 Å². The van der Waals surface area contributed by atoms with E-state index in [0.29, 0.717) is 30.4 Å². The summed E-state index contributed by atoms with van der Waals surface area (Å²) in [6, 6.07) is 8.03. The predicted molar refractivity (Wildman–Crippen MR) is 97.8 cm³/mol. The zero-order valence-corrected chi connectivity index (χ0v) is 15.3. The largest absolute Gasteiger partial charge is 0.489 e. The molecule has 0 saturated carbocycles. The van der Waals surface area contributed by atoms with Crippen molar-refractivity contribution < 1.29 is 14.2 Å². The molecular weight excluding hydrogens is 344 g/mol. The monoisotopic (exact) mass is 366 g/mol. The summed E-state index contributed by atoms with van der Waals surface area (Å²) in [5, 5.41) is 9.17. The lowest BCUT2D eigenvalue weighted by Gasteiger charge is -2.36. The second-order valence-corrected chi connectivity index (χ2v) is 6.75. The first kappa shape index (κ1) is 17.6. The molecule has 140 valence electrons. The zero-order valence-electron chi connectivity index (χ0n) is 15.3. The first-order chi connectivity index (χ1) is 13.2. The highest BCUT2D eigenvalue weighted by Crippen LogP contribution is 2.32. The molecule has 2 aromatic rings. The Balaban J connectivity index is 1.37. The molecular formula is C20H22N4O3. The molecule has 4 heterocycles. The summed E-state index contributed by atoms with van der Waals surface area (Å²) in [5.41, 5.74) is 1.47. The first-order valence-corrected chi connectivity index (χ1v) is 9.26. The van der Waals surface area contributed by atoms with Gasteiger partial charge in [0.1, 0.15) is 36.7 Å². The van der Waals surface area contributed by atoms with E-state index in [1.54, 1.807) is 18.5 Å². The highest BCUT2D eigenvalue weighted by Gasteiger charge is 2.26. The molecule has 7 nitrogen and oxygen atoms in total. The average molecular weight is 366 g/mol. The van der Waals surface area contributed by atoms with Crippen LogP contribution in [0.25, 0.3) is 0 Å². The van der Waals surface area contributed by atoms with Gasteiger partial charge in [-0.2, -0.15) is 5.26 Å². The molecule has 7 heteroatoms. The Hall–Kier alpha value is -2.85. The third-order valence-corrected chi connectivity index (χ3v) is 5.07. The van der Waals surface area contributed by atoms with Gasteiger partial charge in [-0.3, -0.25) is 9.88 Å². The van der Waals surface area contributed by atoms with Gasteiger partial charge in [-0.1, -0.05) is 0 Å². The van der Waals surface area contributed by atoms with Gasteiger partial charge >= 0.3 is 0 Å². The molecule has 1 fully saturated rings. The van der Waals surface area contributed by atoms with Crippen LogP contribution < -0.4 is 14.2 Å². The number of hydrogen-bond acceptors (Lipinski definition) is 7. The molecule has 4 rings (SSSR count). The molecule has 0 amide bonds. The predicted octanol–water partition coefficient (Wildman–Crippen LogP) is 2.72. The third-order valence-electron chi connectivity index (χ3n) is 5.07. The smallest absolute Gasteiger partial charge is 0.257 e. The lowest BCUT2D eigenvalue weighted by Crippen LogP contribution is -2.40. The van der Waals surface area contributed by atoms with E-state index in [0.717, 1.165) is 37.4 Å². The van der Waals surface area contributed by atoms with Crippen LogP contribution >= 0.6 is 0 Å². The van der Waals surface area contributed by atoms with Crippen molar-refractivity contribution in [3.63, 3.8) is 0 Å². The molecule has 1 saturated heterocycles. The van der Waals surface area contributed by atoms with Crippen molar-refractivity contribution in [1.82, 2.24) is 14.9 Å². The van der Waals surface area contributed by atoms with E-state index in [9.17, 15) is 0 Å². The van der Waals surface area contributed by atoms with Crippen molar-refractivity contribution in [2.24, 2.45) is 0 Å². The van der Waals surface area contributed by atoms with Crippen LogP contribution in [0.2, 0.25) is 0 Å². The quantitative estimate of drug-likeness (QED) is 0.823. The second-order valence-electron chi connectivity index (χ2n) is 6.75. The van der Waals surface area contributed by atoms with Crippen molar-refractivity contribution in [3.05, 3.63) is 41.9 Å². The van der Waals surface area contributed by atoms with Crippen molar-refractivity contribution in [2.75, 3.05) is 26.3 Å². The van der Waals surface area contributed by atoms with E-state index in [4.69, 9.17) is 19.5 Å². The highest BCUT2D eigenvalue weighted by atomic mass is 16.6. The number of nitrogens with zero attached hydrogens (tertiary/aromatic N) is 4. The third kappa shape index (κ3) is 3.81. The minimum atomic E-state index is 0.108. The van der Waals surface area contributed by atoms with Crippen LogP contribution in [-0.2, 0) is 0 Å². The lowest BCUT2D eigenvalue weighted by molar-refractivity contribution is 0.0778. The number of ether oxygens (including phenoxy) is 3. The van der Waals surface area contributed by atoms with Crippen molar-refractivity contribution in [1.29, 1.82) is 5.26 Å². The SMILES string of the molecule is CC(c1ccc2c(n1)OCCO2)N1CCC(Oc2ccncc2C#N)CC1. The summed E-state index contributed by atoms with van der Waals surface area (Å²) in [4.78, 5) is 11.0. The standard InChI is InChI=1S/C20H22N4O3/c1-14(17-2-3-19-20(23-17)26-11-10-25-19)24-8-5-16(6-9-24)27-18-4-7-22-13-15(18)12-21/h2-4,7,13-14,16H,5-6,8-11H2,1H3. The van der Waals surface area contributed by atoms with Gasteiger partial charge in [-0.15, -0.1) is 0 Å². The van der Waals surface area contributed by atoms with Gasteiger partial charge in [0.05, 0.1) is 5.69 Å². The molecule has 1 unspecified atom stereocenters. The number of pyridine rings is 2. The van der Waals surface area contributed by atoms with Crippen molar-refractivity contribution in [2.45, 2.75) is 31.9 Å². The van der Waals surface area contributed by atoms with Crippen LogP contribution in [0.5, 0.6) is 17.4 Å². The maximum absolute atomic E-state index is 9.17. The molecule has 2 aromatic heterocycles. The second kappa shape index (κ2) is 7.80. The number of aromatic nitrogens is 2. The van der Waals surface area contributed by atoms with Gasteiger partial charge in [0.25, 0.3) is 5.88 Å². The summed E-state index contributed by atoms with van der Waals surface area (Å²) in [6.45, 7) is 5.10. The maximum atomic E-state index is 9.17. The molecule has 0 bridgehead atoms. The first-order valence-electron chi connectivity index (χ1n) is 9.26. The summed E-state index contributed by atoms with van der Waals surface area (Å²) in [6.07, 6.45) is 5.11. The minimum Gasteiger partial charge on any atom is -0.489 e. The Morgan fingerprint density at radius 2 is 2.04 bits per heavy atom. The van der Waals surface area contributed by atoms with Gasteiger partial charge < -0.3 is 14.2 Å². The molecule has 2 aliphatic heterocycles. The number of rotatable bonds is 4. The summed E-state index contributed by atoms with van der Waals surface area (Å²) < 4.78 is 17.2. The molecule has 0 spiro atoms. The zero-order chi connectivity index (χ0) is 18.6. The van der Waals surface area contributed by atoms with Gasteiger partial charge in [0.15, 0.2) is 5.75 Å². The van der Waals surface area contributed by atoms with Gasteiger partial charge in [0.2, 0.25) is 0 Å². The minimum absolute atomic E-state index is 0.108. The van der Waals surface area contributed by atoms with E-state index in [1.807, 2.05) is 12.1 Å². The fraction of sp³-hybridized carbons (Fsp3) is 0.450. The van der Waals surface area contributed by atoms with Crippen LogP contribution in [0.4, 0.5) is 0 Å². The van der Waals surface area contributed by atoms with Crippen LogP contribution in [0.1, 0.15) is 37.1 Å². The Kier molecular flexibility index (Phi) is 5.07. The topological polar surface area (TPSA) is 80.5 Å². The van der Waals surface area contributed by atoms with Gasteiger partial charge in [0, 0.05) is 31.5 Å². The van der Waals surface area contributed by atoms with Crippen LogP contribution in [0, 0.1) is 11.3 Å². The van der Waals surface area contributed by atoms with E-state index < -0.39 is 0 Å². The average Bonchev–Trinajstić information content (AvgIpc) is 2.74. The Labute approximate surface area is 158 Å². The van der Waals surface area contributed by atoms with Crippen molar-refractivity contribution >= 4 is 0 Å². The highest BCUT2D eigenvalue weighted by molar-refractivity contribution is 5.40. The molecule has 1 atom stereocenters. The van der Waals surface area contributed by atoms with Crippen molar-refractivity contribution in [3.8, 4) is 23.4 Å². The molecule has 0 aromatic carbocycles. The molecule has 0 aliphatic carbocycles. The van der Waals surface area contributed by atoms with E-state index in [2.05, 4.69) is 27.9 Å². The van der Waals surface area contributed by atoms with Gasteiger partial charge in [-0.05, 0) is 38.0 Å². The summed E-state index contributed by atoms with van der Waals surface area (Å²) in [5.74, 6) is 1.92. The Morgan fingerprint density at radius 3 is 2.85 bits per heavy atom. The summed E-state index contributed by atoms with van der Waals surface area (Å²) >= 11 is 0. The maximum Gasteiger partial charge on any atom is 0.257 e. The van der Waals surface area contributed by atoms with Crippen LogP contribution in [0.3, 0.4) is 0 Å². The van der Waals surface area contributed by atoms with E-state index in [1.165, 1.54) is 0 Å². The fourth-order valence-electron chi connectivity index (χ4n) is 3.49. The normalized spacial score (nSPS) is 18.5. The Bertz CT molecular complexity index is 843. The molecule has 2 aliphatic rings. The molecule has 0 N–H and O–H groups in total. The van der Waals surface area contributed by atoms with Crippen LogP contribution in [-0.4, -0.2) is 47.3 Å². The number of piperidine rings is 1. The van der Waals surface area contributed by atoms with E-state index >= 15 is 0 Å². The number of fused-ring (bicyclic) bond motifs is 1. The Morgan fingerprint density at radius 1 is 1.22 bits per heavy atom.